The Kier molecular flexibility index (Phi) is 7.57. The number of carboxylic acids is 1. The number of aryl methyl sites for hydroxylation is 2. The van der Waals surface area contributed by atoms with Crippen molar-refractivity contribution in [3.8, 4) is 5.75 Å². The zero-order valence-corrected chi connectivity index (χ0v) is 19.5. The molecule has 0 saturated carbocycles. The molecule has 0 radical (unpaired) electrons. The van der Waals surface area contributed by atoms with Crippen molar-refractivity contribution in [2.75, 3.05) is 13.2 Å². The highest BCUT2D eigenvalue weighted by Crippen LogP contribution is 2.26. The highest BCUT2D eigenvalue weighted by molar-refractivity contribution is 5.98. The van der Waals surface area contributed by atoms with E-state index in [4.69, 9.17) is 4.74 Å². The number of benzene rings is 3. The van der Waals surface area contributed by atoms with Gasteiger partial charge in [0.05, 0.1) is 17.5 Å². The molecule has 35 heavy (non-hydrogen) atoms. The van der Waals surface area contributed by atoms with E-state index in [1.54, 1.807) is 43.7 Å². The molecule has 0 fully saturated rings. The Bertz CT molecular complexity index is 1350. The van der Waals surface area contributed by atoms with Crippen LogP contribution in [0.5, 0.6) is 5.75 Å². The maximum Gasteiger partial charge on any atom is 0.335 e. The van der Waals surface area contributed by atoms with E-state index in [1.165, 1.54) is 0 Å². The summed E-state index contributed by atoms with van der Waals surface area (Å²) >= 11 is 0. The smallest absolute Gasteiger partial charge is 0.335 e. The van der Waals surface area contributed by atoms with Gasteiger partial charge in [0.25, 0.3) is 5.91 Å². The summed E-state index contributed by atoms with van der Waals surface area (Å²) in [4.78, 5) is 28.5. The Labute approximate surface area is 203 Å². The molecule has 0 spiro atoms. The van der Waals surface area contributed by atoms with Gasteiger partial charge in [-0.1, -0.05) is 48.5 Å². The summed E-state index contributed by atoms with van der Waals surface area (Å²) < 4.78 is 8.05. The number of carbonyl (C=O) groups excluding carboxylic acids is 1. The third kappa shape index (κ3) is 6.14. The van der Waals surface area contributed by atoms with Crippen LogP contribution < -0.4 is 10.1 Å². The summed E-state index contributed by atoms with van der Waals surface area (Å²) in [6, 6.07) is 18.7. The lowest BCUT2D eigenvalue weighted by atomic mass is 10.0. The predicted octanol–water partition coefficient (Wildman–Crippen LogP) is 4.71. The maximum absolute atomic E-state index is 13.1. The van der Waals surface area contributed by atoms with Crippen molar-refractivity contribution < 1.29 is 19.4 Å². The molecular weight excluding hydrogens is 442 g/mol. The third-order valence-electron chi connectivity index (χ3n) is 5.68. The van der Waals surface area contributed by atoms with Crippen molar-refractivity contribution in [1.29, 1.82) is 0 Å². The Hall–Kier alpha value is -4.39. The summed E-state index contributed by atoms with van der Waals surface area (Å²) in [5.41, 5.74) is 2.04. The second kappa shape index (κ2) is 11.2. The number of rotatable bonds is 10. The summed E-state index contributed by atoms with van der Waals surface area (Å²) in [5.74, 6) is -0.511. The average molecular weight is 470 g/mol. The molecule has 1 aromatic heterocycles. The largest absolute Gasteiger partial charge is 0.488 e. The number of nitrogens with one attached hydrogen (secondary N) is 1. The minimum absolute atomic E-state index is 0.0705. The van der Waals surface area contributed by atoms with Gasteiger partial charge >= 0.3 is 5.97 Å². The van der Waals surface area contributed by atoms with Crippen molar-refractivity contribution in [3.63, 3.8) is 0 Å². The fourth-order valence-electron chi connectivity index (χ4n) is 3.86. The van der Waals surface area contributed by atoms with Gasteiger partial charge in [-0.3, -0.25) is 4.79 Å². The predicted molar refractivity (Wildman–Crippen MR) is 135 cm³/mol. The van der Waals surface area contributed by atoms with Crippen molar-refractivity contribution in [2.45, 2.75) is 19.9 Å². The number of carboxylic acid groups (broad SMARTS) is 1. The van der Waals surface area contributed by atoms with Gasteiger partial charge in [-0.2, -0.15) is 0 Å². The third-order valence-corrected chi connectivity index (χ3v) is 5.68. The Morgan fingerprint density at radius 2 is 1.94 bits per heavy atom. The molecule has 0 saturated heterocycles. The van der Waals surface area contributed by atoms with E-state index in [0.29, 0.717) is 23.4 Å². The lowest BCUT2D eigenvalue weighted by molar-refractivity contribution is -0.117. The molecule has 7 heteroatoms. The molecule has 4 aromatic rings. The quantitative estimate of drug-likeness (QED) is 0.259. The van der Waals surface area contributed by atoms with Crippen LogP contribution >= 0.6 is 0 Å². The fraction of sp³-hybridized carbons (Fsp3) is 0.179. The van der Waals surface area contributed by atoms with Gasteiger partial charge in [0.1, 0.15) is 12.4 Å². The van der Waals surface area contributed by atoms with Crippen LogP contribution in [-0.2, 0) is 11.3 Å². The topological polar surface area (TPSA) is 93.5 Å². The Balaban J connectivity index is 1.52. The van der Waals surface area contributed by atoms with Crippen molar-refractivity contribution in [3.05, 3.63) is 102 Å². The number of ether oxygens (including phenoxy) is 1. The molecule has 2 N–H and O–H groups in total. The monoisotopic (exact) mass is 469 g/mol. The number of amides is 1. The molecule has 0 atom stereocenters. The number of aromatic carboxylic acids is 1. The second-order valence-electron chi connectivity index (χ2n) is 8.23. The molecule has 1 heterocycles. The van der Waals surface area contributed by atoms with E-state index in [2.05, 4.69) is 10.3 Å². The van der Waals surface area contributed by atoms with Gasteiger partial charge in [-0.05, 0) is 48.1 Å². The van der Waals surface area contributed by atoms with Crippen molar-refractivity contribution in [1.82, 2.24) is 14.9 Å². The molecule has 178 valence electrons. The molecule has 0 aliphatic rings. The Morgan fingerprint density at radius 3 is 2.71 bits per heavy atom. The van der Waals surface area contributed by atoms with E-state index < -0.39 is 5.97 Å². The molecular formula is C28H27N3O4. The number of aromatic nitrogens is 2. The highest BCUT2D eigenvalue weighted by Gasteiger charge is 2.13. The van der Waals surface area contributed by atoms with Crippen LogP contribution in [0.15, 0.2) is 85.0 Å². The second-order valence-corrected chi connectivity index (χ2v) is 8.23. The van der Waals surface area contributed by atoms with E-state index in [9.17, 15) is 14.7 Å². The number of nitrogens with zero attached hydrogens (tertiary/aromatic N) is 2. The molecule has 0 bridgehead atoms. The van der Waals surface area contributed by atoms with Crippen molar-refractivity contribution in [2.24, 2.45) is 0 Å². The zero-order chi connectivity index (χ0) is 24.6. The number of hydrogen-bond donors (Lipinski definition) is 2. The van der Waals surface area contributed by atoms with E-state index >= 15 is 0 Å². The van der Waals surface area contributed by atoms with Gasteiger partial charge in [0, 0.05) is 30.9 Å². The normalized spacial score (nSPS) is 11.4. The SMILES string of the molecule is Cc1cc(C=C(COc2cccc3ccccc23)C(=O)NCCCn2ccnc2)ccc1C(=O)O. The number of carbonyl (C=O) groups is 2. The average Bonchev–Trinajstić information content (AvgIpc) is 3.37. The van der Waals surface area contributed by atoms with E-state index in [0.717, 1.165) is 29.3 Å². The molecule has 1 amide bonds. The number of hydrogen-bond acceptors (Lipinski definition) is 4. The summed E-state index contributed by atoms with van der Waals surface area (Å²) in [6.07, 6.45) is 7.85. The Morgan fingerprint density at radius 1 is 1.11 bits per heavy atom. The minimum Gasteiger partial charge on any atom is -0.488 e. The van der Waals surface area contributed by atoms with E-state index in [-0.39, 0.29) is 18.1 Å². The molecule has 3 aromatic carbocycles. The molecule has 7 nitrogen and oxygen atoms in total. The first-order chi connectivity index (χ1) is 17.0. The van der Waals surface area contributed by atoms with Gasteiger partial charge in [0.2, 0.25) is 0 Å². The maximum atomic E-state index is 13.1. The van der Waals surface area contributed by atoms with Crippen LogP contribution in [0.25, 0.3) is 16.8 Å². The zero-order valence-electron chi connectivity index (χ0n) is 19.5. The summed E-state index contributed by atoms with van der Waals surface area (Å²) in [5, 5.41) is 14.3. The highest BCUT2D eigenvalue weighted by atomic mass is 16.5. The molecule has 0 aliphatic heterocycles. The van der Waals surface area contributed by atoms with Crippen LogP contribution in [0.1, 0.15) is 27.9 Å². The van der Waals surface area contributed by atoms with Crippen LogP contribution in [0.3, 0.4) is 0 Å². The van der Waals surface area contributed by atoms with Crippen LogP contribution in [0, 0.1) is 6.92 Å². The molecule has 4 rings (SSSR count). The van der Waals surface area contributed by atoms with Crippen LogP contribution in [-0.4, -0.2) is 39.7 Å². The number of imidazole rings is 1. The minimum atomic E-state index is -0.979. The van der Waals surface area contributed by atoms with Crippen LogP contribution in [0.4, 0.5) is 0 Å². The molecule has 0 unspecified atom stereocenters. The van der Waals surface area contributed by atoms with Gasteiger partial charge in [-0.25, -0.2) is 9.78 Å². The van der Waals surface area contributed by atoms with Crippen molar-refractivity contribution >= 4 is 28.7 Å². The van der Waals surface area contributed by atoms with Gasteiger partial charge in [-0.15, -0.1) is 0 Å². The molecule has 0 aliphatic carbocycles. The lowest BCUT2D eigenvalue weighted by Gasteiger charge is -2.13. The lowest BCUT2D eigenvalue weighted by Crippen LogP contribution is -2.29. The first-order valence-corrected chi connectivity index (χ1v) is 11.4. The fourth-order valence-corrected chi connectivity index (χ4v) is 3.86. The first-order valence-electron chi connectivity index (χ1n) is 11.4. The standard InChI is InChI=1S/C28H27N3O4/c1-20-16-21(10-11-24(20)28(33)34)17-23(27(32)30-12-5-14-31-15-13-29-19-31)18-35-26-9-4-7-22-6-2-3-8-25(22)26/h2-4,6-11,13,15-17,19H,5,12,14,18H2,1H3,(H,30,32)(H,33,34). The summed E-state index contributed by atoms with van der Waals surface area (Å²) in [7, 11) is 0. The van der Waals surface area contributed by atoms with Crippen LogP contribution in [0.2, 0.25) is 0 Å². The number of fused-ring (bicyclic) bond motifs is 1. The van der Waals surface area contributed by atoms with E-state index in [1.807, 2.05) is 53.2 Å². The summed E-state index contributed by atoms with van der Waals surface area (Å²) in [6.45, 7) is 3.06. The van der Waals surface area contributed by atoms with Gasteiger partial charge in [0.15, 0.2) is 0 Å². The van der Waals surface area contributed by atoms with Gasteiger partial charge < -0.3 is 19.7 Å². The first kappa shape index (κ1) is 23.8.